The minimum absolute atomic E-state index is 0.473. The van der Waals surface area contributed by atoms with E-state index in [0.29, 0.717) is 6.10 Å². The summed E-state index contributed by atoms with van der Waals surface area (Å²) < 4.78 is 5.84. The van der Waals surface area contributed by atoms with Crippen molar-refractivity contribution in [3.05, 3.63) is 42.5 Å². The zero-order chi connectivity index (χ0) is 11.4. The third kappa shape index (κ3) is 2.50. The Bertz CT molecular complexity index is 458. The third-order valence-corrected chi connectivity index (χ3v) is 2.57. The zero-order valence-corrected chi connectivity index (χ0v) is 10.3. The summed E-state index contributed by atoms with van der Waals surface area (Å²) in [5.41, 5.74) is 0. The van der Waals surface area contributed by atoms with Gasteiger partial charge in [-0.1, -0.05) is 36.4 Å². The van der Waals surface area contributed by atoms with E-state index in [1.807, 2.05) is 0 Å². The van der Waals surface area contributed by atoms with Crippen molar-refractivity contribution in [2.75, 3.05) is 6.26 Å². The van der Waals surface area contributed by atoms with Crippen LogP contribution in [0.1, 0.15) is 12.8 Å². The average Bonchev–Trinajstić information content (AvgIpc) is 3.16. The van der Waals surface area contributed by atoms with Crippen molar-refractivity contribution in [3.63, 3.8) is 0 Å². The molecular formula is C14H16OS. The van der Waals surface area contributed by atoms with Gasteiger partial charge in [-0.05, 0) is 30.6 Å². The lowest BCUT2D eigenvalue weighted by molar-refractivity contribution is 0.307. The predicted octanol–water partition coefficient (Wildman–Crippen LogP) is 3.93. The molecule has 0 aliphatic heterocycles. The number of hydrogen-bond donors (Lipinski definition) is 1. The molecular weight excluding hydrogens is 216 g/mol. The number of rotatable bonds is 2. The highest BCUT2D eigenvalue weighted by molar-refractivity contribution is 7.79. The van der Waals surface area contributed by atoms with Gasteiger partial charge >= 0.3 is 0 Å². The molecule has 0 aromatic heterocycles. The largest absolute Gasteiger partial charge is 0.490 e. The van der Waals surface area contributed by atoms with Crippen LogP contribution in [0, 0.1) is 0 Å². The van der Waals surface area contributed by atoms with Crippen LogP contribution in [0.25, 0.3) is 10.8 Å². The first-order valence-corrected chi connectivity index (χ1v) is 6.42. The molecule has 16 heavy (non-hydrogen) atoms. The van der Waals surface area contributed by atoms with Crippen molar-refractivity contribution < 1.29 is 4.74 Å². The molecule has 0 atom stereocenters. The maximum atomic E-state index is 5.84. The van der Waals surface area contributed by atoms with Gasteiger partial charge in [0, 0.05) is 5.39 Å². The molecule has 1 aliphatic rings. The summed E-state index contributed by atoms with van der Waals surface area (Å²) in [5, 5.41) is 2.48. The molecule has 0 spiro atoms. The number of thiol groups is 1. The molecule has 1 nitrogen and oxygen atoms in total. The van der Waals surface area contributed by atoms with Gasteiger partial charge in [0.05, 0.1) is 6.10 Å². The van der Waals surface area contributed by atoms with Crippen molar-refractivity contribution in [1.29, 1.82) is 0 Å². The Balaban J connectivity index is 0.000000457. The number of hydrogen-bond acceptors (Lipinski definition) is 2. The second-order valence-electron chi connectivity index (χ2n) is 3.79. The Morgan fingerprint density at radius 1 is 1.00 bits per heavy atom. The lowest BCUT2D eigenvalue weighted by atomic mass is 10.1. The van der Waals surface area contributed by atoms with Gasteiger partial charge in [0.1, 0.15) is 5.75 Å². The Kier molecular flexibility index (Phi) is 3.73. The van der Waals surface area contributed by atoms with Crippen LogP contribution in [-0.2, 0) is 0 Å². The Morgan fingerprint density at radius 3 is 2.44 bits per heavy atom. The van der Waals surface area contributed by atoms with Gasteiger partial charge in [-0.2, -0.15) is 12.6 Å². The van der Waals surface area contributed by atoms with Gasteiger partial charge in [0.15, 0.2) is 0 Å². The van der Waals surface area contributed by atoms with Gasteiger partial charge in [0.25, 0.3) is 0 Å². The van der Waals surface area contributed by atoms with E-state index in [-0.39, 0.29) is 0 Å². The fourth-order valence-corrected chi connectivity index (χ4v) is 1.66. The van der Waals surface area contributed by atoms with Gasteiger partial charge in [0.2, 0.25) is 0 Å². The maximum Gasteiger partial charge on any atom is 0.127 e. The monoisotopic (exact) mass is 232 g/mol. The quantitative estimate of drug-likeness (QED) is 0.772. The molecule has 1 aliphatic carbocycles. The smallest absolute Gasteiger partial charge is 0.127 e. The van der Waals surface area contributed by atoms with E-state index in [2.05, 4.69) is 55.1 Å². The van der Waals surface area contributed by atoms with E-state index in [4.69, 9.17) is 4.74 Å². The van der Waals surface area contributed by atoms with Crippen LogP contribution in [0.4, 0.5) is 0 Å². The first-order valence-electron chi connectivity index (χ1n) is 5.52. The molecule has 0 saturated heterocycles. The van der Waals surface area contributed by atoms with Crippen molar-refractivity contribution in [2.45, 2.75) is 18.9 Å². The van der Waals surface area contributed by atoms with Gasteiger partial charge in [-0.25, -0.2) is 0 Å². The minimum Gasteiger partial charge on any atom is -0.490 e. The Morgan fingerprint density at radius 2 is 1.69 bits per heavy atom. The molecule has 0 amide bonds. The normalized spacial score (nSPS) is 14.1. The molecule has 84 valence electrons. The Hall–Kier alpha value is -1.15. The lowest BCUT2D eigenvalue weighted by Crippen LogP contribution is -1.95. The van der Waals surface area contributed by atoms with Crippen LogP contribution in [-0.4, -0.2) is 12.4 Å². The summed E-state index contributed by atoms with van der Waals surface area (Å²) in [6.45, 7) is 0. The van der Waals surface area contributed by atoms with Crippen LogP contribution in [0.3, 0.4) is 0 Å². The minimum atomic E-state index is 0.473. The average molecular weight is 232 g/mol. The molecule has 0 bridgehead atoms. The number of benzene rings is 2. The molecule has 2 aromatic rings. The van der Waals surface area contributed by atoms with Gasteiger partial charge in [-0.3, -0.25) is 0 Å². The van der Waals surface area contributed by atoms with Crippen LogP contribution < -0.4 is 4.74 Å². The van der Waals surface area contributed by atoms with Crippen LogP contribution in [0.2, 0.25) is 0 Å². The van der Waals surface area contributed by atoms with Crippen LogP contribution in [0.5, 0.6) is 5.75 Å². The van der Waals surface area contributed by atoms with Crippen molar-refractivity contribution in [2.24, 2.45) is 0 Å². The molecule has 1 saturated carbocycles. The zero-order valence-electron chi connectivity index (χ0n) is 9.39. The van der Waals surface area contributed by atoms with Gasteiger partial charge in [-0.15, -0.1) is 0 Å². The SMILES string of the molecule is CS.c1ccc2c(OC3CC3)cccc2c1. The maximum absolute atomic E-state index is 5.84. The summed E-state index contributed by atoms with van der Waals surface area (Å²) in [4.78, 5) is 0. The van der Waals surface area contributed by atoms with Crippen LogP contribution in [0.15, 0.2) is 42.5 Å². The van der Waals surface area contributed by atoms with E-state index < -0.39 is 0 Å². The standard InChI is InChI=1S/C13H12O.CH4S/c1-2-6-12-10(4-1)5-3-7-13(12)14-11-8-9-11;1-2/h1-7,11H,8-9H2;2H,1H3. The van der Waals surface area contributed by atoms with Gasteiger partial charge < -0.3 is 4.74 Å². The third-order valence-electron chi connectivity index (χ3n) is 2.57. The fraction of sp³-hybridized carbons (Fsp3) is 0.286. The highest BCUT2D eigenvalue weighted by atomic mass is 32.1. The summed E-state index contributed by atoms with van der Waals surface area (Å²) >= 11 is 3.53. The number of ether oxygens (including phenoxy) is 1. The summed E-state index contributed by atoms with van der Waals surface area (Å²) in [6.07, 6.45) is 4.59. The molecule has 0 unspecified atom stereocenters. The predicted molar refractivity (Wildman–Crippen MR) is 72.5 cm³/mol. The molecule has 1 fully saturated rings. The van der Waals surface area contributed by atoms with E-state index in [1.54, 1.807) is 6.26 Å². The summed E-state index contributed by atoms with van der Waals surface area (Å²) in [6, 6.07) is 14.6. The first-order chi connectivity index (χ1) is 7.93. The molecule has 0 heterocycles. The van der Waals surface area contributed by atoms with E-state index in [0.717, 1.165) is 5.75 Å². The molecule has 2 aromatic carbocycles. The second kappa shape index (κ2) is 5.26. The van der Waals surface area contributed by atoms with Crippen LogP contribution >= 0.6 is 12.6 Å². The highest BCUT2D eigenvalue weighted by Crippen LogP contribution is 2.31. The molecule has 3 rings (SSSR count). The number of fused-ring (bicyclic) bond motifs is 1. The van der Waals surface area contributed by atoms with E-state index >= 15 is 0 Å². The van der Waals surface area contributed by atoms with E-state index in [1.165, 1.54) is 23.6 Å². The Labute approximate surface area is 102 Å². The second-order valence-corrected chi connectivity index (χ2v) is 3.79. The molecule has 0 N–H and O–H groups in total. The summed E-state index contributed by atoms with van der Waals surface area (Å²) in [7, 11) is 0. The topological polar surface area (TPSA) is 9.23 Å². The fourth-order valence-electron chi connectivity index (χ4n) is 1.66. The van der Waals surface area contributed by atoms with Crippen molar-refractivity contribution >= 4 is 23.4 Å². The first kappa shape index (κ1) is 11.3. The lowest BCUT2D eigenvalue weighted by Gasteiger charge is -2.07. The molecule has 2 heteroatoms. The van der Waals surface area contributed by atoms with E-state index in [9.17, 15) is 0 Å². The molecule has 0 radical (unpaired) electrons. The van der Waals surface area contributed by atoms with Crippen molar-refractivity contribution in [3.8, 4) is 5.75 Å². The highest BCUT2D eigenvalue weighted by Gasteiger charge is 2.23. The van der Waals surface area contributed by atoms with Crippen molar-refractivity contribution in [1.82, 2.24) is 0 Å². The summed E-state index contributed by atoms with van der Waals surface area (Å²) in [5.74, 6) is 1.03.